The van der Waals surface area contributed by atoms with E-state index >= 15 is 0 Å². The highest BCUT2D eigenvalue weighted by atomic mass is 19.1. The topological polar surface area (TPSA) is 64.0 Å². The zero-order valence-electron chi connectivity index (χ0n) is 15.1. The maximum Gasteiger partial charge on any atom is 0.272 e. The first-order valence-corrected chi connectivity index (χ1v) is 8.71. The quantitative estimate of drug-likeness (QED) is 0.752. The third-order valence-corrected chi connectivity index (χ3v) is 4.30. The Bertz CT molecular complexity index is 995. The molecule has 1 heterocycles. The van der Waals surface area contributed by atoms with Gasteiger partial charge in [0.2, 0.25) is 0 Å². The third-order valence-electron chi connectivity index (χ3n) is 4.30. The molecule has 3 rings (SSSR count). The predicted octanol–water partition coefficient (Wildman–Crippen LogP) is 3.56. The zero-order valence-corrected chi connectivity index (χ0v) is 15.1. The SMILES string of the molecule is CCC(NC(=O)c1ccc(=O)n(-c2ccc(F)cc2)n1)c1ccc(C)cc1. The summed E-state index contributed by atoms with van der Waals surface area (Å²) >= 11 is 0. The minimum absolute atomic E-state index is 0.115. The molecule has 0 bridgehead atoms. The molecule has 1 aromatic heterocycles. The first-order chi connectivity index (χ1) is 13.0. The van der Waals surface area contributed by atoms with Gasteiger partial charge in [-0.15, -0.1) is 0 Å². The molecule has 2 aromatic carbocycles. The van der Waals surface area contributed by atoms with Crippen LogP contribution in [-0.2, 0) is 0 Å². The molecule has 0 radical (unpaired) electrons. The van der Waals surface area contributed by atoms with E-state index in [1.165, 1.54) is 36.4 Å². The van der Waals surface area contributed by atoms with E-state index in [1.54, 1.807) is 0 Å². The largest absolute Gasteiger partial charge is 0.344 e. The van der Waals surface area contributed by atoms with Gasteiger partial charge >= 0.3 is 0 Å². The lowest BCUT2D eigenvalue weighted by atomic mass is 10.0. The van der Waals surface area contributed by atoms with Crippen molar-refractivity contribution in [1.29, 1.82) is 0 Å². The minimum atomic E-state index is -0.412. The van der Waals surface area contributed by atoms with Crippen LogP contribution >= 0.6 is 0 Å². The number of hydrogen-bond acceptors (Lipinski definition) is 3. The third kappa shape index (κ3) is 4.28. The second kappa shape index (κ2) is 7.95. The summed E-state index contributed by atoms with van der Waals surface area (Å²) in [5.74, 6) is -0.789. The van der Waals surface area contributed by atoms with Crippen LogP contribution in [0.25, 0.3) is 5.69 Å². The summed E-state index contributed by atoms with van der Waals surface area (Å²) in [7, 11) is 0. The lowest BCUT2D eigenvalue weighted by molar-refractivity contribution is 0.0928. The van der Waals surface area contributed by atoms with E-state index in [0.717, 1.165) is 15.8 Å². The van der Waals surface area contributed by atoms with Gasteiger partial charge in [-0.05, 0) is 49.2 Å². The van der Waals surface area contributed by atoms with Crippen molar-refractivity contribution in [3.63, 3.8) is 0 Å². The predicted molar refractivity (Wildman–Crippen MR) is 101 cm³/mol. The van der Waals surface area contributed by atoms with E-state index in [9.17, 15) is 14.0 Å². The van der Waals surface area contributed by atoms with Crippen LogP contribution < -0.4 is 10.9 Å². The first kappa shape index (κ1) is 18.5. The number of aryl methyl sites for hydroxylation is 1. The second-order valence-corrected chi connectivity index (χ2v) is 6.29. The lowest BCUT2D eigenvalue weighted by Gasteiger charge is -2.17. The Morgan fingerprint density at radius 3 is 2.37 bits per heavy atom. The minimum Gasteiger partial charge on any atom is -0.344 e. The fourth-order valence-corrected chi connectivity index (χ4v) is 2.75. The van der Waals surface area contributed by atoms with Crippen LogP contribution in [0.15, 0.2) is 65.5 Å². The van der Waals surface area contributed by atoms with Crippen LogP contribution in [0, 0.1) is 12.7 Å². The van der Waals surface area contributed by atoms with Gasteiger partial charge < -0.3 is 5.32 Å². The molecule has 0 aliphatic heterocycles. The Hall–Kier alpha value is -3.28. The van der Waals surface area contributed by atoms with E-state index in [0.29, 0.717) is 12.1 Å². The highest BCUT2D eigenvalue weighted by molar-refractivity contribution is 5.92. The highest BCUT2D eigenvalue weighted by Gasteiger charge is 2.16. The van der Waals surface area contributed by atoms with Gasteiger partial charge in [-0.25, -0.2) is 4.39 Å². The van der Waals surface area contributed by atoms with Crippen LogP contribution in [0.4, 0.5) is 4.39 Å². The Kier molecular flexibility index (Phi) is 5.45. The summed E-state index contributed by atoms with van der Waals surface area (Å²) in [5.41, 5.74) is 2.26. The molecular formula is C21H20FN3O2. The van der Waals surface area contributed by atoms with Crippen molar-refractivity contribution in [2.45, 2.75) is 26.3 Å². The molecule has 138 valence electrons. The molecule has 0 fully saturated rings. The van der Waals surface area contributed by atoms with Crippen LogP contribution in [0.2, 0.25) is 0 Å². The lowest BCUT2D eigenvalue weighted by Crippen LogP contribution is -2.31. The maximum absolute atomic E-state index is 13.1. The fraction of sp³-hybridized carbons (Fsp3) is 0.190. The number of carbonyl (C=O) groups excluding carboxylic acids is 1. The van der Waals surface area contributed by atoms with Gasteiger partial charge in [0.05, 0.1) is 11.7 Å². The molecule has 0 aliphatic rings. The van der Waals surface area contributed by atoms with Crippen molar-refractivity contribution in [2.24, 2.45) is 0 Å². The fourth-order valence-electron chi connectivity index (χ4n) is 2.75. The van der Waals surface area contributed by atoms with Gasteiger partial charge in [0.1, 0.15) is 11.5 Å². The number of carbonyl (C=O) groups is 1. The van der Waals surface area contributed by atoms with Crippen LogP contribution in [-0.4, -0.2) is 15.7 Å². The van der Waals surface area contributed by atoms with Crippen LogP contribution in [0.1, 0.15) is 41.0 Å². The second-order valence-electron chi connectivity index (χ2n) is 6.29. The van der Waals surface area contributed by atoms with Crippen molar-refractivity contribution >= 4 is 5.91 Å². The van der Waals surface area contributed by atoms with Gasteiger partial charge in [0.25, 0.3) is 11.5 Å². The van der Waals surface area contributed by atoms with Gasteiger partial charge in [-0.2, -0.15) is 9.78 Å². The molecule has 3 aromatic rings. The molecule has 1 amide bonds. The average molecular weight is 365 g/mol. The number of rotatable bonds is 5. The van der Waals surface area contributed by atoms with E-state index in [4.69, 9.17) is 0 Å². The normalized spacial score (nSPS) is 11.8. The average Bonchev–Trinajstić information content (AvgIpc) is 2.68. The number of benzene rings is 2. The molecule has 6 heteroatoms. The molecule has 0 saturated carbocycles. The van der Waals surface area contributed by atoms with Gasteiger partial charge in [-0.1, -0.05) is 36.8 Å². The smallest absolute Gasteiger partial charge is 0.272 e. The van der Waals surface area contributed by atoms with E-state index < -0.39 is 11.4 Å². The summed E-state index contributed by atoms with van der Waals surface area (Å²) in [5, 5.41) is 7.09. The Morgan fingerprint density at radius 2 is 1.74 bits per heavy atom. The number of hydrogen-bond donors (Lipinski definition) is 1. The Morgan fingerprint density at radius 1 is 1.07 bits per heavy atom. The summed E-state index contributed by atoms with van der Waals surface area (Å²) in [6.45, 7) is 3.99. The number of nitrogens with zero attached hydrogens (tertiary/aromatic N) is 2. The van der Waals surface area contributed by atoms with Crippen molar-refractivity contribution < 1.29 is 9.18 Å². The molecule has 0 aliphatic carbocycles. The molecule has 1 unspecified atom stereocenters. The molecule has 1 atom stereocenters. The summed E-state index contributed by atoms with van der Waals surface area (Å²) in [6, 6.07) is 15.8. The number of halogens is 1. The Balaban J connectivity index is 1.86. The molecule has 0 saturated heterocycles. The summed E-state index contributed by atoms with van der Waals surface area (Å²) < 4.78 is 14.2. The monoisotopic (exact) mass is 365 g/mol. The molecule has 5 nitrogen and oxygen atoms in total. The van der Waals surface area contributed by atoms with Crippen molar-refractivity contribution in [1.82, 2.24) is 15.1 Å². The van der Waals surface area contributed by atoms with Gasteiger partial charge in [0, 0.05) is 6.07 Å². The molecule has 0 spiro atoms. The number of amides is 1. The van der Waals surface area contributed by atoms with Crippen molar-refractivity contribution in [3.8, 4) is 5.69 Å². The first-order valence-electron chi connectivity index (χ1n) is 8.71. The van der Waals surface area contributed by atoms with Crippen molar-refractivity contribution in [3.05, 3.63) is 93.7 Å². The zero-order chi connectivity index (χ0) is 19.4. The van der Waals surface area contributed by atoms with Crippen LogP contribution in [0.5, 0.6) is 0 Å². The highest BCUT2D eigenvalue weighted by Crippen LogP contribution is 2.17. The standard InChI is InChI=1S/C21H20FN3O2/c1-3-18(15-6-4-14(2)5-7-15)23-21(27)19-12-13-20(26)25(24-19)17-10-8-16(22)9-11-17/h4-13,18H,3H2,1-2H3,(H,23,27). The summed E-state index contributed by atoms with van der Waals surface area (Å²) in [4.78, 5) is 24.7. The van der Waals surface area contributed by atoms with Gasteiger partial charge in [-0.3, -0.25) is 9.59 Å². The Labute approximate surface area is 156 Å². The van der Waals surface area contributed by atoms with E-state index in [2.05, 4.69) is 10.4 Å². The van der Waals surface area contributed by atoms with Crippen molar-refractivity contribution in [2.75, 3.05) is 0 Å². The molecule has 27 heavy (non-hydrogen) atoms. The van der Waals surface area contributed by atoms with E-state index in [-0.39, 0.29) is 17.6 Å². The molecular weight excluding hydrogens is 345 g/mol. The maximum atomic E-state index is 13.1. The number of nitrogens with one attached hydrogen (secondary N) is 1. The molecule has 1 N–H and O–H groups in total. The van der Waals surface area contributed by atoms with E-state index in [1.807, 2.05) is 38.1 Å². The van der Waals surface area contributed by atoms with Crippen LogP contribution in [0.3, 0.4) is 0 Å². The van der Waals surface area contributed by atoms with Gasteiger partial charge in [0.15, 0.2) is 0 Å². The number of aromatic nitrogens is 2. The summed E-state index contributed by atoms with van der Waals surface area (Å²) in [6.07, 6.45) is 0.715.